The quantitative estimate of drug-likeness (QED) is 0.180. The Kier molecular flexibility index (Phi) is 13.5. The van der Waals surface area contributed by atoms with Crippen LogP contribution in [0.1, 0.15) is 72.6 Å². The van der Waals surface area contributed by atoms with Gasteiger partial charge < -0.3 is 31.7 Å². The third kappa shape index (κ3) is 12.8. The van der Waals surface area contributed by atoms with E-state index in [1.54, 1.807) is 0 Å². The zero-order valence-corrected chi connectivity index (χ0v) is 21.6. The van der Waals surface area contributed by atoms with Crippen molar-refractivity contribution in [3.05, 3.63) is 23.5 Å². The van der Waals surface area contributed by atoms with Crippen molar-refractivity contribution in [2.45, 2.75) is 84.7 Å². The second kappa shape index (κ2) is 15.8. The number of carbonyl (C=O) groups excluding carboxylic acids is 3. The molecule has 1 heterocycles. The molecule has 0 aromatic rings. The molecule has 198 valence electrons. The van der Waals surface area contributed by atoms with E-state index in [-0.39, 0.29) is 55.7 Å². The van der Waals surface area contributed by atoms with Crippen LogP contribution in [0.15, 0.2) is 23.5 Å². The number of hydrogen-bond acceptors (Lipinski definition) is 6. The van der Waals surface area contributed by atoms with Gasteiger partial charge in [-0.25, -0.2) is 0 Å². The molecular formula is C25H43N5O5. The highest BCUT2D eigenvalue weighted by atomic mass is 16.4. The van der Waals surface area contributed by atoms with Crippen LogP contribution >= 0.6 is 0 Å². The molecule has 35 heavy (non-hydrogen) atoms. The first-order valence-corrected chi connectivity index (χ1v) is 12.4. The minimum atomic E-state index is -0.822. The molecule has 0 bridgehead atoms. The fourth-order valence-corrected chi connectivity index (χ4v) is 3.98. The smallest absolute Gasteiger partial charge is 0.303 e. The maximum Gasteiger partial charge on any atom is 0.303 e. The van der Waals surface area contributed by atoms with E-state index in [1.807, 2.05) is 13.8 Å². The highest BCUT2D eigenvalue weighted by molar-refractivity contribution is 5.84. The predicted molar refractivity (Wildman–Crippen MR) is 135 cm³/mol. The lowest BCUT2D eigenvalue weighted by Crippen LogP contribution is -2.43. The van der Waals surface area contributed by atoms with Crippen LogP contribution in [0.4, 0.5) is 0 Å². The van der Waals surface area contributed by atoms with E-state index in [9.17, 15) is 19.2 Å². The summed E-state index contributed by atoms with van der Waals surface area (Å²) in [6, 6.07) is -0.355. The monoisotopic (exact) mass is 493 g/mol. The summed E-state index contributed by atoms with van der Waals surface area (Å²) in [5.74, 6) is -0.941. The Bertz CT molecular complexity index is 793. The number of carboxylic acids is 1. The summed E-state index contributed by atoms with van der Waals surface area (Å²) in [5, 5.41) is 23.5. The SMILES string of the molecule is C=C(CNC(=O)C1CC(C)=C(CCCC(=O)O)N1)NC(CCC(=O)NCC(=O)NCC)CC(C)C. The van der Waals surface area contributed by atoms with Gasteiger partial charge in [0.1, 0.15) is 6.04 Å². The van der Waals surface area contributed by atoms with Crippen LogP contribution < -0.4 is 26.6 Å². The van der Waals surface area contributed by atoms with Crippen molar-refractivity contribution < 1.29 is 24.3 Å². The lowest BCUT2D eigenvalue weighted by molar-refractivity contribution is -0.137. The number of nitrogens with one attached hydrogen (secondary N) is 5. The molecule has 1 aliphatic heterocycles. The first kappa shape index (κ1) is 30.0. The molecule has 6 N–H and O–H groups in total. The van der Waals surface area contributed by atoms with Gasteiger partial charge in [-0.1, -0.05) is 26.0 Å². The van der Waals surface area contributed by atoms with E-state index in [1.165, 1.54) is 0 Å². The van der Waals surface area contributed by atoms with Gasteiger partial charge in [0.25, 0.3) is 0 Å². The molecule has 0 radical (unpaired) electrons. The van der Waals surface area contributed by atoms with Crippen LogP contribution in [-0.4, -0.2) is 60.5 Å². The van der Waals surface area contributed by atoms with Gasteiger partial charge in [-0.2, -0.15) is 0 Å². The number of carboxylic acid groups (broad SMARTS) is 1. The molecule has 2 atom stereocenters. The molecular weight excluding hydrogens is 450 g/mol. The lowest BCUT2D eigenvalue weighted by Gasteiger charge is -2.23. The van der Waals surface area contributed by atoms with Crippen molar-refractivity contribution >= 4 is 23.7 Å². The molecule has 10 heteroatoms. The Hall–Kier alpha value is -3.04. The fourth-order valence-electron chi connectivity index (χ4n) is 3.98. The lowest BCUT2D eigenvalue weighted by atomic mass is 9.99. The van der Waals surface area contributed by atoms with Crippen LogP contribution in [-0.2, 0) is 19.2 Å². The molecule has 0 aliphatic carbocycles. The van der Waals surface area contributed by atoms with E-state index in [0.29, 0.717) is 43.8 Å². The van der Waals surface area contributed by atoms with Crippen molar-refractivity contribution in [3.8, 4) is 0 Å². The Balaban J connectivity index is 2.43. The summed E-state index contributed by atoms with van der Waals surface area (Å²) in [6.45, 7) is 12.8. The summed E-state index contributed by atoms with van der Waals surface area (Å²) in [5.41, 5.74) is 2.69. The number of rotatable bonds is 17. The first-order chi connectivity index (χ1) is 16.5. The third-order valence-electron chi connectivity index (χ3n) is 5.69. The summed E-state index contributed by atoms with van der Waals surface area (Å²) in [4.78, 5) is 46.9. The van der Waals surface area contributed by atoms with Gasteiger partial charge in [-0.05, 0) is 51.9 Å². The molecule has 0 aromatic heterocycles. The van der Waals surface area contributed by atoms with Crippen LogP contribution in [0.25, 0.3) is 0 Å². The van der Waals surface area contributed by atoms with Crippen LogP contribution in [0.3, 0.4) is 0 Å². The van der Waals surface area contributed by atoms with Crippen molar-refractivity contribution in [2.75, 3.05) is 19.6 Å². The van der Waals surface area contributed by atoms with Gasteiger partial charge in [0.2, 0.25) is 17.7 Å². The van der Waals surface area contributed by atoms with E-state index in [0.717, 1.165) is 17.7 Å². The van der Waals surface area contributed by atoms with Crippen LogP contribution in [0.2, 0.25) is 0 Å². The summed E-state index contributed by atoms with van der Waals surface area (Å²) < 4.78 is 0. The van der Waals surface area contributed by atoms with E-state index >= 15 is 0 Å². The molecule has 1 aliphatic rings. The maximum atomic E-state index is 12.6. The fraction of sp³-hybridized carbons (Fsp3) is 0.680. The van der Waals surface area contributed by atoms with Gasteiger partial charge in [0.15, 0.2) is 0 Å². The molecule has 3 amide bonds. The number of amides is 3. The van der Waals surface area contributed by atoms with Gasteiger partial charge >= 0.3 is 5.97 Å². The number of carbonyl (C=O) groups is 4. The molecule has 0 saturated heterocycles. The summed E-state index contributed by atoms with van der Waals surface area (Å²) in [6.07, 6.45) is 3.55. The van der Waals surface area contributed by atoms with E-state index < -0.39 is 5.97 Å². The molecule has 0 fully saturated rings. The first-order valence-electron chi connectivity index (χ1n) is 12.4. The Morgan fingerprint density at radius 2 is 1.80 bits per heavy atom. The zero-order chi connectivity index (χ0) is 26.4. The normalized spacial score (nSPS) is 15.9. The molecule has 10 nitrogen and oxygen atoms in total. The van der Waals surface area contributed by atoms with Gasteiger partial charge in [0, 0.05) is 36.8 Å². The molecule has 0 spiro atoms. The number of likely N-dealkylation sites (N-methyl/N-ethyl adjacent to an activating group) is 1. The van der Waals surface area contributed by atoms with Crippen molar-refractivity contribution in [1.29, 1.82) is 0 Å². The van der Waals surface area contributed by atoms with Crippen LogP contribution in [0.5, 0.6) is 0 Å². The maximum absolute atomic E-state index is 12.6. The minimum absolute atomic E-state index is 0.0176. The van der Waals surface area contributed by atoms with E-state index in [2.05, 4.69) is 47.0 Å². The van der Waals surface area contributed by atoms with Crippen molar-refractivity contribution in [3.63, 3.8) is 0 Å². The topological polar surface area (TPSA) is 149 Å². The average molecular weight is 494 g/mol. The van der Waals surface area contributed by atoms with Crippen LogP contribution in [0, 0.1) is 5.92 Å². The molecule has 0 saturated carbocycles. The number of allylic oxidation sites excluding steroid dienone is 1. The second-order valence-electron chi connectivity index (χ2n) is 9.47. The Morgan fingerprint density at radius 3 is 2.43 bits per heavy atom. The van der Waals surface area contributed by atoms with Gasteiger partial charge in [-0.3, -0.25) is 19.2 Å². The Morgan fingerprint density at radius 1 is 1.09 bits per heavy atom. The van der Waals surface area contributed by atoms with Crippen molar-refractivity contribution in [2.24, 2.45) is 5.92 Å². The van der Waals surface area contributed by atoms with E-state index in [4.69, 9.17) is 5.11 Å². The zero-order valence-electron chi connectivity index (χ0n) is 21.6. The summed E-state index contributed by atoms with van der Waals surface area (Å²) in [7, 11) is 0. The average Bonchev–Trinajstić information content (AvgIpc) is 3.14. The highest BCUT2D eigenvalue weighted by Gasteiger charge is 2.26. The van der Waals surface area contributed by atoms with Gasteiger partial charge in [-0.15, -0.1) is 0 Å². The standard InChI is InChI=1S/C25H43N5O5/c1-6-26-23(32)15-27-22(31)11-10-19(12-16(2)3)29-18(5)14-28-25(35)21-13-17(4)20(30-21)8-7-9-24(33)34/h16,19,21,29-30H,5-15H2,1-4H3,(H,26,32)(H,27,31)(H,28,35)(H,33,34). The summed E-state index contributed by atoms with van der Waals surface area (Å²) >= 11 is 0. The highest BCUT2D eigenvalue weighted by Crippen LogP contribution is 2.22. The second-order valence-corrected chi connectivity index (χ2v) is 9.47. The van der Waals surface area contributed by atoms with Gasteiger partial charge in [0.05, 0.1) is 13.1 Å². The molecule has 1 rings (SSSR count). The number of aliphatic carboxylic acids is 1. The Labute approximate surface area is 208 Å². The number of hydrogen-bond donors (Lipinski definition) is 6. The van der Waals surface area contributed by atoms with Crippen molar-refractivity contribution in [1.82, 2.24) is 26.6 Å². The molecule has 2 unspecified atom stereocenters. The minimum Gasteiger partial charge on any atom is -0.481 e. The largest absolute Gasteiger partial charge is 0.481 e. The molecule has 0 aromatic carbocycles. The third-order valence-corrected chi connectivity index (χ3v) is 5.69. The predicted octanol–water partition coefficient (Wildman–Crippen LogP) is 1.54.